The van der Waals surface area contributed by atoms with E-state index in [4.69, 9.17) is 5.73 Å². The molecule has 2 rings (SSSR count). The molecule has 0 aliphatic heterocycles. The molecule has 4 heteroatoms. The van der Waals surface area contributed by atoms with Crippen LogP contribution in [0.4, 0.5) is 5.13 Å². The Hall–Kier alpha value is -1.00. The quantitative estimate of drug-likeness (QED) is 0.811. The molecular formula is C10H10N2S2. The molecule has 0 saturated carbocycles. The molecule has 14 heavy (non-hydrogen) atoms. The topological polar surface area (TPSA) is 38.9 Å². The van der Waals surface area contributed by atoms with Crippen molar-refractivity contribution in [2.24, 2.45) is 0 Å². The van der Waals surface area contributed by atoms with Gasteiger partial charge in [0, 0.05) is 21.7 Å². The molecule has 2 aromatic rings. The van der Waals surface area contributed by atoms with E-state index in [0.717, 1.165) is 5.75 Å². The fraction of sp³-hybridized carbons (Fsp3) is 0.100. The van der Waals surface area contributed by atoms with Gasteiger partial charge in [-0.3, -0.25) is 0 Å². The van der Waals surface area contributed by atoms with E-state index in [-0.39, 0.29) is 0 Å². The van der Waals surface area contributed by atoms with Crippen LogP contribution in [0.2, 0.25) is 0 Å². The maximum absolute atomic E-state index is 5.55. The summed E-state index contributed by atoms with van der Waals surface area (Å²) in [5.41, 5.74) is 5.55. The minimum absolute atomic E-state index is 0.647. The van der Waals surface area contributed by atoms with Crippen LogP contribution in [0.3, 0.4) is 0 Å². The molecule has 0 aliphatic carbocycles. The standard InChI is InChI=1S/C10H10N2S2/c11-10-12-6-9(14-10)7-13-8-4-2-1-3-5-8/h1-6H,7H2,(H2,11,12). The van der Waals surface area contributed by atoms with E-state index in [1.54, 1.807) is 23.1 Å². The van der Waals surface area contributed by atoms with Crippen molar-refractivity contribution in [2.45, 2.75) is 10.6 Å². The van der Waals surface area contributed by atoms with Crippen LogP contribution >= 0.6 is 23.1 Å². The average Bonchev–Trinajstić information content (AvgIpc) is 2.63. The maximum Gasteiger partial charge on any atom is 0.180 e. The second kappa shape index (κ2) is 4.48. The lowest BCUT2D eigenvalue weighted by Gasteiger charge is -1.97. The molecule has 0 aliphatic rings. The Labute approximate surface area is 91.2 Å². The van der Waals surface area contributed by atoms with Crippen molar-refractivity contribution in [3.63, 3.8) is 0 Å². The molecule has 72 valence electrons. The van der Waals surface area contributed by atoms with Gasteiger partial charge in [0.1, 0.15) is 0 Å². The predicted molar refractivity (Wildman–Crippen MR) is 62.5 cm³/mol. The third kappa shape index (κ3) is 2.49. The minimum atomic E-state index is 0.647. The molecule has 0 fully saturated rings. The second-order valence-corrected chi connectivity index (χ2v) is 4.96. The molecule has 1 aromatic heterocycles. The van der Waals surface area contributed by atoms with Gasteiger partial charge in [0.25, 0.3) is 0 Å². The zero-order chi connectivity index (χ0) is 9.80. The Balaban J connectivity index is 1.95. The molecule has 2 nitrogen and oxygen atoms in total. The van der Waals surface area contributed by atoms with E-state index < -0.39 is 0 Å². The van der Waals surface area contributed by atoms with Gasteiger partial charge in [-0.2, -0.15) is 0 Å². The van der Waals surface area contributed by atoms with Crippen LogP contribution in [0, 0.1) is 0 Å². The fourth-order valence-corrected chi connectivity index (χ4v) is 2.69. The number of hydrogen-bond donors (Lipinski definition) is 1. The third-order valence-corrected chi connectivity index (χ3v) is 3.77. The van der Waals surface area contributed by atoms with Crippen LogP contribution < -0.4 is 5.73 Å². The van der Waals surface area contributed by atoms with Gasteiger partial charge in [0.15, 0.2) is 5.13 Å². The summed E-state index contributed by atoms with van der Waals surface area (Å²) in [5.74, 6) is 0.943. The monoisotopic (exact) mass is 222 g/mol. The molecule has 1 heterocycles. The Bertz CT molecular complexity index is 398. The van der Waals surface area contributed by atoms with E-state index in [9.17, 15) is 0 Å². The first-order chi connectivity index (χ1) is 6.84. The Morgan fingerprint density at radius 3 is 2.71 bits per heavy atom. The smallest absolute Gasteiger partial charge is 0.180 e. The van der Waals surface area contributed by atoms with Gasteiger partial charge in [-0.1, -0.05) is 18.2 Å². The van der Waals surface area contributed by atoms with Gasteiger partial charge in [0.05, 0.1) is 0 Å². The van der Waals surface area contributed by atoms with Crippen molar-refractivity contribution >= 4 is 28.2 Å². The summed E-state index contributed by atoms with van der Waals surface area (Å²) in [7, 11) is 0. The van der Waals surface area contributed by atoms with E-state index in [1.807, 2.05) is 24.4 Å². The lowest BCUT2D eigenvalue weighted by molar-refractivity contribution is 1.36. The van der Waals surface area contributed by atoms with Crippen LogP contribution in [0.1, 0.15) is 4.88 Å². The largest absolute Gasteiger partial charge is 0.375 e. The number of aromatic nitrogens is 1. The molecule has 0 saturated heterocycles. The highest BCUT2D eigenvalue weighted by molar-refractivity contribution is 7.98. The van der Waals surface area contributed by atoms with Crippen molar-refractivity contribution in [3.8, 4) is 0 Å². The number of hydrogen-bond acceptors (Lipinski definition) is 4. The zero-order valence-corrected chi connectivity index (χ0v) is 9.15. The fourth-order valence-electron chi connectivity index (χ4n) is 1.06. The van der Waals surface area contributed by atoms with Crippen molar-refractivity contribution in [1.82, 2.24) is 4.98 Å². The SMILES string of the molecule is Nc1ncc(CSc2ccccc2)s1. The van der Waals surface area contributed by atoms with Gasteiger partial charge in [-0.05, 0) is 12.1 Å². The van der Waals surface area contributed by atoms with Crippen molar-refractivity contribution < 1.29 is 0 Å². The van der Waals surface area contributed by atoms with Crippen LogP contribution in [0.15, 0.2) is 41.4 Å². The van der Waals surface area contributed by atoms with Gasteiger partial charge < -0.3 is 5.73 Å². The summed E-state index contributed by atoms with van der Waals surface area (Å²) < 4.78 is 0. The molecule has 2 N–H and O–H groups in total. The van der Waals surface area contributed by atoms with Gasteiger partial charge in [-0.15, -0.1) is 23.1 Å². The Morgan fingerprint density at radius 2 is 2.07 bits per heavy atom. The summed E-state index contributed by atoms with van der Waals surface area (Å²) in [6.45, 7) is 0. The molecule has 0 spiro atoms. The molecule has 0 bridgehead atoms. The summed E-state index contributed by atoms with van der Waals surface area (Å²) >= 11 is 3.35. The van der Waals surface area contributed by atoms with Crippen molar-refractivity contribution in [2.75, 3.05) is 5.73 Å². The maximum atomic E-state index is 5.55. The minimum Gasteiger partial charge on any atom is -0.375 e. The second-order valence-electron chi connectivity index (χ2n) is 2.77. The first-order valence-electron chi connectivity index (χ1n) is 4.22. The molecule has 0 unspecified atom stereocenters. The number of nitrogen functional groups attached to an aromatic ring is 1. The van der Waals surface area contributed by atoms with E-state index in [2.05, 4.69) is 17.1 Å². The number of benzene rings is 1. The van der Waals surface area contributed by atoms with Crippen molar-refractivity contribution in [1.29, 1.82) is 0 Å². The number of nitrogens with two attached hydrogens (primary N) is 1. The van der Waals surface area contributed by atoms with Gasteiger partial charge in [0.2, 0.25) is 0 Å². The number of thiazole rings is 1. The number of anilines is 1. The number of nitrogens with zero attached hydrogens (tertiary/aromatic N) is 1. The number of thioether (sulfide) groups is 1. The van der Waals surface area contributed by atoms with Crippen molar-refractivity contribution in [3.05, 3.63) is 41.4 Å². The van der Waals surface area contributed by atoms with E-state index in [0.29, 0.717) is 5.13 Å². The van der Waals surface area contributed by atoms with E-state index in [1.165, 1.54) is 9.77 Å². The Kier molecular flexibility index (Phi) is 3.06. The highest BCUT2D eigenvalue weighted by atomic mass is 32.2. The summed E-state index contributed by atoms with van der Waals surface area (Å²) in [4.78, 5) is 6.51. The first-order valence-corrected chi connectivity index (χ1v) is 6.03. The first kappa shape index (κ1) is 9.55. The highest BCUT2D eigenvalue weighted by Gasteiger charge is 1.99. The molecule has 0 radical (unpaired) electrons. The van der Waals surface area contributed by atoms with Crippen LogP contribution in [0.25, 0.3) is 0 Å². The van der Waals surface area contributed by atoms with Crippen LogP contribution in [0.5, 0.6) is 0 Å². The summed E-state index contributed by atoms with van der Waals surface area (Å²) in [6.07, 6.45) is 1.84. The lowest BCUT2D eigenvalue weighted by atomic mass is 10.4. The summed E-state index contributed by atoms with van der Waals surface area (Å²) in [5, 5.41) is 0.647. The van der Waals surface area contributed by atoms with Gasteiger partial charge in [-0.25, -0.2) is 4.98 Å². The Morgan fingerprint density at radius 1 is 1.29 bits per heavy atom. The molecule has 1 aromatic carbocycles. The van der Waals surface area contributed by atoms with Crippen LogP contribution in [-0.2, 0) is 5.75 Å². The normalized spacial score (nSPS) is 10.3. The van der Waals surface area contributed by atoms with E-state index >= 15 is 0 Å². The lowest BCUT2D eigenvalue weighted by Crippen LogP contribution is -1.77. The van der Waals surface area contributed by atoms with Crippen LogP contribution in [-0.4, -0.2) is 4.98 Å². The molecule has 0 amide bonds. The molecular weight excluding hydrogens is 212 g/mol. The molecule has 0 atom stereocenters. The number of rotatable bonds is 3. The predicted octanol–water partition coefficient (Wildman–Crippen LogP) is 3.02. The third-order valence-electron chi connectivity index (χ3n) is 1.70. The highest BCUT2D eigenvalue weighted by Crippen LogP contribution is 2.25. The van der Waals surface area contributed by atoms with Gasteiger partial charge >= 0.3 is 0 Å². The summed E-state index contributed by atoms with van der Waals surface area (Å²) in [6, 6.07) is 10.3. The average molecular weight is 222 g/mol. The zero-order valence-electron chi connectivity index (χ0n) is 7.51.